The maximum absolute atomic E-state index is 13.9. The number of amides is 1. The predicted molar refractivity (Wildman–Crippen MR) is 123 cm³/mol. The molecule has 3 aliphatic heterocycles. The summed E-state index contributed by atoms with van der Waals surface area (Å²) < 4.78 is 20.6. The number of nitrogens with one attached hydrogen (secondary N) is 2. The Hall–Kier alpha value is -0.370. The average Bonchev–Trinajstić information content (AvgIpc) is 3.18. The summed E-state index contributed by atoms with van der Waals surface area (Å²) in [6.07, 6.45) is 8.16. The molecule has 0 aromatic heterocycles. The molecule has 3 saturated heterocycles. The van der Waals surface area contributed by atoms with Gasteiger partial charge in [-0.15, -0.1) is 11.8 Å². The number of piperidine rings is 1. The Bertz CT molecular complexity index is 646. The number of halogens is 1. The molecule has 0 radical (unpaired) electrons. The lowest BCUT2D eigenvalue weighted by Crippen LogP contribution is -2.57. The van der Waals surface area contributed by atoms with Crippen molar-refractivity contribution in [1.29, 1.82) is 0 Å². The van der Waals surface area contributed by atoms with Gasteiger partial charge in [0, 0.05) is 31.4 Å². The maximum Gasteiger partial charge on any atom is 0.225 e. The summed E-state index contributed by atoms with van der Waals surface area (Å²) in [7, 11) is 0. The third-order valence-corrected chi connectivity index (χ3v) is 9.83. The second-order valence-electron chi connectivity index (χ2n) is 11.0. The van der Waals surface area contributed by atoms with Gasteiger partial charge in [-0.2, -0.15) is 0 Å². The zero-order valence-electron chi connectivity index (χ0n) is 19.0. The van der Waals surface area contributed by atoms with Crippen molar-refractivity contribution in [2.45, 2.75) is 94.0 Å². The van der Waals surface area contributed by atoms with Gasteiger partial charge in [-0.05, 0) is 63.3 Å². The van der Waals surface area contributed by atoms with Crippen molar-refractivity contribution < 1.29 is 13.9 Å². The van der Waals surface area contributed by atoms with E-state index in [0.29, 0.717) is 37.2 Å². The monoisotopic (exact) mass is 453 g/mol. The number of carbonyl (C=O) groups excluding carboxylic acids is 1. The number of alkyl halides is 1. The molecular formula is C24H40FN3O2S. The summed E-state index contributed by atoms with van der Waals surface area (Å²) in [6, 6.07) is 0.673. The lowest BCUT2D eigenvalue weighted by Gasteiger charge is -2.45. The second-order valence-corrected chi connectivity index (χ2v) is 12.3. The van der Waals surface area contributed by atoms with Gasteiger partial charge in [0.2, 0.25) is 5.91 Å². The van der Waals surface area contributed by atoms with E-state index in [-0.39, 0.29) is 23.5 Å². The van der Waals surface area contributed by atoms with E-state index in [9.17, 15) is 9.18 Å². The summed E-state index contributed by atoms with van der Waals surface area (Å²) in [4.78, 5) is 15.2. The minimum atomic E-state index is -0.863. The number of nitrogens with zero attached hydrogens (tertiary/aromatic N) is 1. The van der Waals surface area contributed by atoms with E-state index in [1.54, 1.807) is 0 Å². The van der Waals surface area contributed by atoms with Gasteiger partial charge in [-0.1, -0.05) is 19.8 Å². The first-order valence-corrected chi connectivity index (χ1v) is 13.7. The fourth-order valence-corrected chi connectivity index (χ4v) is 8.09. The minimum absolute atomic E-state index is 0.000921. The fourth-order valence-electron chi connectivity index (χ4n) is 6.69. The van der Waals surface area contributed by atoms with E-state index in [1.807, 2.05) is 0 Å². The molecule has 31 heavy (non-hydrogen) atoms. The SMILES string of the molecule is CC1CCC(C2CSC(CN3CCC[C@@]4(CNC(=O)C5CC(F)CCC5O4)C3)N2)CC1. The van der Waals surface area contributed by atoms with Crippen LogP contribution in [0.15, 0.2) is 0 Å². The molecule has 2 N–H and O–H groups in total. The van der Waals surface area contributed by atoms with Crippen LogP contribution in [0.2, 0.25) is 0 Å². The molecule has 2 aliphatic carbocycles. The topological polar surface area (TPSA) is 53.6 Å². The summed E-state index contributed by atoms with van der Waals surface area (Å²) >= 11 is 2.09. The first kappa shape index (κ1) is 22.4. The number of hydrogen-bond acceptors (Lipinski definition) is 5. The van der Waals surface area contributed by atoms with Crippen LogP contribution in [0.1, 0.15) is 64.7 Å². The van der Waals surface area contributed by atoms with Crippen molar-refractivity contribution >= 4 is 17.7 Å². The third-order valence-electron chi connectivity index (χ3n) is 8.59. The summed E-state index contributed by atoms with van der Waals surface area (Å²) in [5, 5.41) is 7.56. The Kier molecular flexibility index (Phi) is 6.85. The van der Waals surface area contributed by atoms with Gasteiger partial charge in [0.1, 0.15) is 6.17 Å². The van der Waals surface area contributed by atoms with Gasteiger partial charge >= 0.3 is 0 Å². The van der Waals surface area contributed by atoms with Crippen molar-refractivity contribution in [1.82, 2.24) is 15.5 Å². The highest BCUT2D eigenvalue weighted by molar-refractivity contribution is 8.00. The molecule has 5 aliphatic rings. The van der Waals surface area contributed by atoms with Gasteiger partial charge in [0.25, 0.3) is 0 Å². The summed E-state index contributed by atoms with van der Waals surface area (Å²) in [5.74, 6) is 2.68. The van der Waals surface area contributed by atoms with Crippen molar-refractivity contribution in [3.05, 3.63) is 0 Å². The fraction of sp³-hybridized carbons (Fsp3) is 0.958. The van der Waals surface area contributed by atoms with Gasteiger partial charge in [-0.3, -0.25) is 9.69 Å². The number of carbonyl (C=O) groups is 1. The molecule has 176 valence electrons. The molecule has 3 heterocycles. The van der Waals surface area contributed by atoms with Crippen molar-refractivity contribution in [3.63, 3.8) is 0 Å². The van der Waals surface area contributed by atoms with Gasteiger partial charge < -0.3 is 15.4 Å². The second kappa shape index (κ2) is 9.47. The van der Waals surface area contributed by atoms with Crippen LogP contribution in [0.25, 0.3) is 0 Å². The summed E-state index contributed by atoms with van der Waals surface area (Å²) in [5.41, 5.74) is -0.307. The predicted octanol–water partition coefficient (Wildman–Crippen LogP) is 3.33. The minimum Gasteiger partial charge on any atom is -0.368 e. The molecule has 2 saturated carbocycles. The Labute approximate surface area is 191 Å². The van der Waals surface area contributed by atoms with Crippen molar-refractivity contribution in [2.75, 3.05) is 31.9 Å². The first-order chi connectivity index (χ1) is 15.0. The molecule has 6 atom stereocenters. The van der Waals surface area contributed by atoms with E-state index in [2.05, 4.69) is 34.2 Å². The number of thioether (sulfide) groups is 1. The highest BCUT2D eigenvalue weighted by atomic mass is 32.2. The molecule has 5 rings (SSSR count). The lowest BCUT2D eigenvalue weighted by atomic mass is 9.80. The molecule has 0 aromatic rings. The zero-order chi connectivity index (χ0) is 21.4. The Balaban J connectivity index is 1.17. The number of ether oxygens (including phenoxy) is 1. The van der Waals surface area contributed by atoms with E-state index >= 15 is 0 Å². The van der Waals surface area contributed by atoms with Crippen LogP contribution in [0, 0.1) is 17.8 Å². The molecule has 5 nitrogen and oxygen atoms in total. The quantitative estimate of drug-likeness (QED) is 0.687. The third kappa shape index (κ3) is 5.10. The molecule has 5 unspecified atom stereocenters. The highest BCUT2D eigenvalue weighted by Gasteiger charge is 2.47. The van der Waals surface area contributed by atoms with Gasteiger partial charge in [-0.25, -0.2) is 4.39 Å². The van der Waals surface area contributed by atoms with E-state index in [1.165, 1.54) is 31.4 Å². The molecule has 7 heteroatoms. The number of likely N-dealkylation sites (tertiary alicyclic amines) is 1. The number of rotatable bonds is 3. The van der Waals surface area contributed by atoms with Crippen molar-refractivity contribution in [2.24, 2.45) is 17.8 Å². The largest absolute Gasteiger partial charge is 0.368 e. The molecule has 0 bridgehead atoms. The van der Waals surface area contributed by atoms with Crippen LogP contribution in [0.3, 0.4) is 0 Å². The maximum atomic E-state index is 13.9. The Morgan fingerprint density at radius 1 is 1.23 bits per heavy atom. The highest BCUT2D eigenvalue weighted by Crippen LogP contribution is 2.38. The van der Waals surface area contributed by atoms with E-state index in [0.717, 1.165) is 44.3 Å². The summed E-state index contributed by atoms with van der Waals surface area (Å²) in [6.45, 7) is 5.99. The van der Waals surface area contributed by atoms with E-state index in [4.69, 9.17) is 4.74 Å². The van der Waals surface area contributed by atoms with Gasteiger partial charge in [0.05, 0.1) is 23.0 Å². The van der Waals surface area contributed by atoms with Gasteiger partial charge in [0.15, 0.2) is 0 Å². The standard InChI is InChI=1S/C24H40FN3O2S/c1-16-3-5-17(6-4-16)20-13-31-22(27-20)12-28-10-2-9-24(15-28)14-26-23(29)19-11-18(25)7-8-21(19)30-24/h16-22,27H,2-15H2,1H3,(H,26,29)/t16?,17?,18?,19?,20?,21?,22?,24-/m1/s1. The number of hydrogen-bond donors (Lipinski definition) is 2. The molecular weight excluding hydrogens is 413 g/mol. The first-order valence-electron chi connectivity index (χ1n) is 12.7. The Morgan fingerprint density at radius 2 is 2.06 bits per heavy atom. The smallest absolute Gasteiger partial charge is 0.225 e. The van der Waals surface area contributed by atoms with Crippen LogP contribution >= 0.6 is 11.8 Å². The van der Waals surface area contributed by atoms with Crippen LogP contribution in [-0.4, -0.2) is 72.0 Å². The molecule has 0 aromatic carbocycles. The van der Waals surface area contributed by atoms with Crippen LogP contribution < -0.4 is 10.6 Å². The normalized spacial score (nSPS) is 47.0. The van der Waals surface area contributed by atoms with Crippen LogP contribution in [0.4, 0.5) is 4.39 Å². The van der Waals surface area contributed by atoms with Crippen LogP contribution in [0.5, 0.6) is 0 Å². The molecule has 1 amide bonds. The zero-order valence-corrected chi connectivity index (χ0v) is 19.8. The molecule has 5 fully saturated rings. The lowest BCUT2D eigenvalue weighted by molar-refractivity contribution is -0.149. The van der Waals surface area contributed by atoms with Crippen molar-refractivity contribution in [3.8, 4) is 0 Å². The Morgan fingerprint density at radius 3 is 2.90 bits per heavy atom. The number of fused-ring (bicyclic) bond motifs is 1. The van der Waals surface area contributed by atoms with Crippen LogP contribution in [-0.2, 0) is 9.53 Å². The average molecular weight is 454 g/mol. The van der Waals surface area contributed by atoms with E-state index < -0.39 is 6.17 Å². The molecule has 1 spiro atoms.